The molecule has 0 atom stereocenters. The van der Waals surface area contributed by atoms with Crippen LogP contribution in [-0.2, 0) is 19.3 Å². The van der Waals surface area contributed by atoms with Gasteiger partial charge in [0.05, 0.1) is 5.69 Å². The quantitative estimate of drug-likeness (QED) is 0.738. The van der Waals surface area contributed by atoms with Crippen LogP contribution in [0.15, 0.2) is 0 Å². The third-order valence-corrected chi connectivity index (χ3v) is 1.82. The van der Waals surface area contributed by atoms with Gasteiger partial charge in [-0.25, -0.2) is 0 Å². The van der Waals surface area contributed by atoms with Crippen molar-refractivity contribution in [1.29, 1.82) is 0 Å². The number of nitrogens with zero attached hydrogens (tertiary/aromatic N) is 1. The first-order valence-corrected chi connectivity index (χ1v) is 3.43. The summed E-state index contributed by atoms with van der Waals surface area (Å²) in [5, 5.41) is 8.39. The van der Waals surface area contributed by atoms with Crippen LogP contribution >= 0.6 is 24.8 Å². The monoisotopic (exact) mass is 249 g/mol. The second kappa shape index (κ2) is 4.37. The third kappa shape index (κ3) is 2.13. The summed E-state index contributed by atoms with van der Waals surface area (Å²) >= 11 is 0. The number of alkyl halides is 3. The van der Waals surface area contributed by atoms with E-state index in [-0.39, 0.29) is 36.9 Å². The fourth-order valence-electron chi connectivity index (χ4n) is 1.28. The van der Waals surface area contributed by atoms with Gasteiger partial charge in [-0.05, 0) is 0 Å². The number of rotatable bonds is 0. The van der Waals surface area contributed by atoms with E-state index in [1.807, 2.05) is 0 Å². The molecule has 0 unspecified atom stereocenters. The molecule has 0 radical (unpaired) electrons. The Balaban J connectivity index is 0.000000845. The van der Waals surface area contributed by atoms with Crippen molar-refractivity contribution in [2.75, 3.05) is 0 Å². The highest BCUT2D eigenvalue weighted by molar-refractivity contribution is 5.85. The summed E-state index contributed by atoms with van der Waals surface area (Å²) in [6, 6.07) is 0. The van der Waals surface area contributed by atoms with Gasteiger partial charge in [0.15, 0.2) is 5.69 Å². The molecule has 1 aromatic heterocycles. The summed E-state index contributed by atoms with van der Waals surface area (Å²) in [5.41, 5.74) is 0.00678. The molecule has 14 heavy (non-hydrogen) atoms. The number of aromatic nitrogens is 2. The van der Waals surface area contributed by atoms with Crippen molar-refractivity contribution in [3.05, 3.63) is 17.0 Å². The van der Waals surface area contributed by atoms with Crippen molar-refractivity contribution in [3.63, 3.8) is 0 Å². The van der Waals surface area contributed by atoms with Crippen LogP contribution in [0, 0.1) is 0 Å². The minimum atomic E-state index is -4.34. The lowest BCUT2D eigenvalue weighted by Gasteiger charge is -2.02. The summed E-state index contributed by atoms with van der Waals surface area (Å²) in [6.45, 7) is 0.694. The van der Waals surface area contributed by atoms with Gasteiger partial charge in [0.25, 0.3) is 0 Å². The van der Waals surface area contributed by atoms with E-state index in [0.717, 1.165) is 0 Å². The Hall–Kier alpha value is -0.460. The minimum Gasteiger partial charge on any atom is -0.307 e. The van der Waals surface area contributed by atoms with Crippen molar-refractivity contribution in [2.24, 2.45) is 0 Å². The van der Waals surface area contributed by atoms with Gasteiger partial charge in [-0.15, -0.1) is 24.8 Å². The standard InChI is InChI=1S/C6H6F3N3.2ClH/c7-6(8,9)5-3-1-10-2-4(3)11-12-5;;/h10H,1-2H2,(H,11,12);2*1H. The minimum absolute atomic E-state index is 0. The van der Waals surface area contributed by atoms with Crippen LogP contribution in [-0.4, -0.2) is 10.2 Å². The van der Waals surface area contributed by atoms with Gasteiger partial charge in [0.1, 0.15) is 0 Å². The Morgan fingerprint density at radius 1 is 1.14 bits per heavy atom. The molecule has 2 N–H and O–H groups in total. The molecular formula is C6H8Cl2F3N3. The normalized spacial score (nSPS) is 14.2. The average Bonchev–Trinajstić information content (AvgIpc) is 2.37. The van der Waals surface area contributed by atoms with Crippen molar-refractivity contribution < 1.29 is 13.2 Å². The molecule has 1 aromatic rings. The first-order valence-electron chi connectivity index (χ1n) is 3.43. The molecule has 0 bridgehead atoms. The van der Waals surface area contributed by atoms with E-state index in [4.69, 9.17) is 0 Å². The van der Waals surface area contributed by atoms with E-state index in [9.17, 15) is 13.2 Å². The van der Waals surface area contributed by atoms with Crippen LogP contribution in [0.3, 0.4) is 0 Å². The first kappa shape index (κ1) is 13.5. The number of fused-ring (bicyclic) bond motifs is 1. The second-order valence-electron chi connectivity index (χ2n) is 2.63. The molecule has 8 heteroatoms. The molecule has 0 aliphatic carbocycles. The maximum Gasteiger partial charge on any atom is 0.435 e. The number of aromatic amines is 1. The van der Waals surface area contributed by atoms with Gasteiger partial charge < -0.3 is 5.32 Å². The maximum absolute atomic E-state index is 12.2. The van der Waals surface area contributed by atoms with Crippen molar-refractivity contribution in [2.45, 2.75) is 19.3 Å². The summed E-state index contributed by atoms with van der Waals surface area (Å²) in [5.74, 6) is 0. The molecule has 3 nitrogen and oxygen atoms in total. The summed E-state index contributed by atoms with van der Waals surface area (Å²) in [7, 11) is 0. The largest absolute Gasteiger partial charge is 0.435 e. The van der Waals surface area contributed by atoms with E-state index >= 15 is 0 Å². The van der Waals surface area contributed by atoms with Gasteiger partial charge in [0, 0.05) is 18.7 Å². The Morgan fingerprint density at radius 3 is 2.36 bits per heavy atom. The number of halogens is 5. The second-order valence-corrected chi connectivity index (χ2v) is 2.63. The summed E-state index contributed by atoms with van der Waals surface area (Å²) in [4.78, 5) is 0. The molecule has 0 aromatic carbocycles. The van der Waals surface area contributed by atoms with Crippen LogP contribution < -0.4 is 5.32 Å². The Kier molecular flexibility index (Phi) is 4.23. The van der Waals surface area contributed by atoms with Gasteiger partial charge in [0.2, 0.25) is 0 Å². The number of H-pyrrole nitrogens is 1. The highest BCUT2D eigenvalue weighted by Gasteiger charge is 2.38. The van der Waals surface area contributed by atoms with E-state index < -0.39 is 11.9 Å². The number of hydrogen-bond acceptors (Lipinski definition) is 2. The van der Waals surface area contributed by atoms with Crippen molar-refractivity contribution >= 4 is 24.8 Å². The van der Waals surface area contributed by atoms with Gasteiger partial charge in [-0.2, -0.15) is 18.3 Å². The smallest absolute Gasteiger partial charge is 0.307 e. The zero-order chi connectivity index (χ0) is 8.77. The summed E-state index contributed by atoms with van der Waals surface area (Å²) < 4.78 is 36.5. The van der Waals surface area contributed by atoms with E-state index in [0.29, 0.717) is 12.2 Å². The molecule has 2 rings (SSSR count). The predicted molar refractivity (Wildman–Crippen MR) is 48.6 cm³/mol. The van der Waals surface area contributed by atoms with Gasteiger partial charge in [-0.3, -0.25) is 5.10 Å². The van der Waals surface area contributed by atoms with E-state index in [1.165, 1.54) is 0 Å². The van der Waals surface area contributed by atoms with Gasteiger partial charge >= 0.3 is 6.18 Å². The lowest BCUT2D eigenvalue weighted by Crippen LogP contribution is -2.11. The lowest BCUT2D eigenvalue weighted by atomic mass is 10.2. The van der Waals surface area contributed by atoms with E-state index in [2.05, 4.69) is 15.5 Å². The molecule has 0 saturated carbocycles. The van der Waals surface area contributed by atoms with Gasteiger partial charge in [-0.1, -0.05) is 0 Å². The molecule has 0 fully saturated rings. The Morgan fingerprint density at radius 2 is 1.79 bits per heavy atom. The molecule has 0 spiro atoms. The third-order valence-electron chi connectivity index (χ3n) is 1.82. The molecule has 2 heterocycles. The highest BCUT2D eigenvalue weighted by Crippen LogP contribution is 2.32. The molecule has 82 valence electrons. The Labute approximate surface area is 90.3 Å². The molecule has 0 saturated heterocycles. The maximum atomic E-state index is 12.2. The number of hydrogen-bond donors (Lipinski definition) is 2. The fraction of sp³-hybridized carbons (Fsp3) is 0.500. The zero-order valence-corrected chi connectivity index (χ0v) is 8.44. The van der Waals surface area contributed by atoms with Crippen LogP contribution in [0.5, 0.6) is 0 Å². The van der Waals surface area contributed by atoms with Crippen LogP contribution in [0.25, 0.3) is 0 Å². The molecular weight excluding hydrogens is 242 g/mol. The zero-order valence-electron chi connectivity index (χ0n) is 6.81. The highest BCUT2D eigenvalue weighted by atomic mass is 35.5. The topological polar surface area (TPSA) is 40.7 Å². The lowest BCUT2D eigenvalue weighted by molar-refractivity contribution is -0.141. The van der Waals surface area contributed by atoms with Crippen LogP contribution in [0.1, 0.15) is 17.0 Å². The SMILES string of the molecule is Cl.Cl.FC(F)(F)c1n[nH]c2c1CNC2. The Bertz CT molecular complexity index is 310. The predicted octanol–water partition coefficient (Wildman–Crippen LogP) is 1.88. The molecule has 0 amide bonds. The summed E-state index contributed by atoms with van der Waals surface area (Å²) in [6.07, 6.45) is -4.34. The fourth-order valence-corrected chi connectivity index (χ4v) is 1.28. The van der Waals surface area contributed by atoms with Crippen LogP contribution in [0.4, 0.5) is 13.2 Å². The average molecular weight is 250 g/mol. The molecule has 1 aliphatic heterocycles. The molecule has 1 aliphatic rings. The van der Waals surface area contributed by atoms with Crippen LogP contribution in [0.2, 0.25) is 0 Å². The number of nitrogens with one attached hydrogen (secondary N) is 2. The first-order chi connectivity index (χ1) is 5.59. The van der Waals surface area contributed by atoms with Crippen molar-refractivity contribution in [1.82, 2.24) is 15.5 Å². The van der Waals surface area contributed by atoms with E-state index in [1.54, 1.807) is 0 Å². The van der Waals surface area contributed by atoms with Crippen molar-refractivity contribution in [3.8, 4) is 0 Å².